The van der Waals surface area contributed by atoms with Crippen molar-refractivity contribution < 1.29 is 9.47 Å². The summed E-state index contributed by atoms with van der Waals surface area (Å²) in [5.74, 6) is 2.63. The van der Waals surface area contributed by atoms with Gasteiger partial charge in [-0.15, -0.1) is 0 Å². The molecule has 0 aliphatic heterocycles. The van der Waals surface area contributed by atoms with Gasteiger partial charge >= 0.3 is 0 Å². The molecule has 0 aliphatic carbocycles. The van der Waals surface area contributed by atoms with Gasteiger partial charge in [0.25, 0.3) is 0 Å². The highest BCUT2D eigenvalue weighted by Crippen LogP contribution is 2.31. The molecule has 0 atom stereocenters. The van der Waals surface area contributed by atoms with E-state index in [0.29, 0.717) is 22.5 Å². The number of para-hydroxylation sites is 2. The van der Waals surface area contributed by atoms with Gasteiger partial charge in [-0.3, -0.25) is 0 Å². The van der Waals surface area contributed by atoms with Gasteiger partial charge in [-0.25, -0.2) is 4.98 Å². The van der Waals surface area contributed by atoms with E-state index in [1.807, 2.05) is 37.3 Å². The number of ether oxygens (including phenoxy) is 2. The molecule has 146 valence electrons. The van der Waals surface area contributed by atoms with Gasteiger partial charge in [0.1, 0.15) is 0 Å². The van der Waals surface area contributed by atoms with E-state index in [9.17, 15) is 0 Å². The molecule has 0 amide bonds. The molecular formula is C23H26N2O2S. The van der Waals surface area contributed by atoms with Crippen molar-refractivity contribution in [2.45, 2.75) is 44.0 Å². The van der Waals surface area contributed by atoms with E-state index in [1.165, 1.54) is 11.1 Å². The molecule has 0 N–H and O–H groups in total. The number of nitrogens with zero attached hydrogens (tertiary/aromatic N) is 2. The molecule has 0 fully saturated rings. The summed E-state index contributed by atoms with van der Waals surface area (Å²) >= 11 is 1.60. The van der Waals surface area contributed by atoms with E-state index in [4.69, 9.17) is 9.47 Å². The van der Waals surface area contributed by atoms with Gasteiger partial charge in [0, 0.05) is 17.5 Å². The Morgan fingerprint density at radius 1 is 0.929 bits per heavy atom. The van der Waals surface area contributed by atoms with Gasteiger partial charge in [-0.05, 0) is 35.6 Å². The quantitative estimate of drug-likeness (QED) is 0.369. The predicted molar refractivity (Wildman–Crippen MR) is 115 cm³/mol. The fourth-order valence-electron chi connectivity index (χ4n) is 2.69. The summed E-state index contributed by atoms with van der Waals surface area (Å²) in [6, 6.07) is 18.1. The fourth-order valence-corrected chi connectivity index (χ4v) is 3.55. The number of rotatable bonds is 6. The Bertz CT molecular complexity index is 934. The van der Waals surface area contributed by atoms with Crippen LogP contribution in [0.15, 0.2) is 59.8 Å². The van der Waals surface area contributed by atoms with Crippen LogP contribution in [0.1, 0.15) is 37.6 Å². The van der Waals surface area contributed by atoms with E-state index >= 15 is 0 Å². The Morgan fingerprint density at radius 2 is 1.61 bits per heavy atom. The second kappa shape index (κ2) is 8.65. The van der Waals surface area contributed by atoms with E-state index in [0.717, 1.165) is 11.4 Å². The monoisotopic (exact) mass is 394 g/mol. The molecule has 5 heteroatoms. The molecular weight excluding hydrogens is 368 g/mol. The fraction of sp³-hybridized carbons (Fsp3) is 0.304. The zero-order valence-corrected chi connectivity index (χ0v) is 17.8. The standard InChI is InChI=1S/C23H26N2O2S/c1-16-14-21(27-20-9-7-6-8-19(20)26-5)25-22(24-16)28-15-17-10-12-18(13-11-17)23(2,3)4/h6-14H,15H2,1-5H3. The van der Waals surface area contributed by atoms with Crippen LogP contribution in [0.3, 0.4) is 0 Å². The largest absolute Gasteiger partial charge is 0.493 e. The molecule has 0 saturated heterocycles. The molecule has 1 heterocycles. The zero-order chi connectivity index (χ0) is 20.1. The van der Waals surface area contributed by atoms with Crippen molar-refractivity contribution in [2.75, 3.05) is 7.11 Å². The van der Waals surface area contributed by atoms with Crippen molar-refractivity contribution in [3.8, 4) is 17.4 Å². The Balaban J connectivity index is 1.71. The first-order valence-electron chi connectivity index (χ1n) is 9.24. The molecule has 3 rings (SSSR count). The lowest BCUT2D eigenvalue weighted by Gasteiger charge is -2.19. The molecule has 0 saturated carbocycles. The van der Waals surface area contributed by atoms with Crippen LogP contribution < -0.4 is 9.47 Å². The molecule has 0 aliphatic rings. The number of thioether (sulfide) groups is 1. The lowest BCUT2D eigenvalue weighted by Crippen LogP contribution is -2.10. The van der Waals surface area contributed by atoms with Gasteiger partial charge in [0.05, 0.1) is 7.11 Å². The number of benzene rings is 2. The van der Waals surface area contributed by atoms with Crippen molar-refractivity contribution in [1.29, 1.82) is 0 Å². The first-order valence-corrected chi connectivity index (χ1v) is 10.2. The van der Waals surface area contributed by atoms with Gasteiger partial charge < -0.3 is 9.47 Å². The SMILES string of the molecule is COc1ccccc1Oc1cc(C)nc(SCc2ccc(C(C)(C)C)cc2)n1. The van der Waals surface area contributed by atoms with Crippen molar-refractivity contribution in [1.82, 2.24) is 9.97 Å². The van der Waals surface area contributed by atoms with Crippen LogP contribution in [0.4, 0.5) is 0 Å². The van der Waals surface area contributed by atoms with Crippen LogP contribution in [0.2, 0.25) is 0 Å². The summed E-state index contributed by atoms with van der Waals surface area (Å²) in [5.41, 5.74) is 3.61. The normalized spacial score (nSPS) is 11.3. The van der Waals surface area contributed by atoms with Crippen LogP contribution in [0.25, 0.3) is 0 Å². The minimum Gasteiger partial charge on any atom is -0.493 e. The van der Waals surface area contributed by atoms with Gasteiger partial charge in [-0.1, -0.05) is 68.9 Å². The smallest absolute Gasteiger partial charge is 0.223 e. The highest BCUT2D eigenvalue weighted by atomic mass is 32.2. The van der Waals surface area contributed by atoms with E-state index in [-0.39, 0.29) is 5.41 Å². The summed E-state index contributed by atoms with van der Waals surface area (Å²) in [5, 5.41) is 0.699. The van der Waals surface area contributed by atoms with Crippen molar-refractivity contribution in [3.05, 3.63) is 71.4 Å². The number of methoxy groups -OCH3 is 1. The minimum absolute atomic E-state index is 0.163. The van der Waals surface area contributed by atoms with Gasteiger partial charge in [0.15, 0.2) is 16.7 Å². The maximum Gasteiger partial charge on any atom is 0.223 e. The Hall–Kier alpha value is -2.53. The second-order valence-electron chi connectivity index (χ2n) is 7.62. The van der Waals surface area contributed by atoms with Crippen LogP contribution in [0, 0.1) is 6.92 Å². The highest BCUT2D eigenvalue weighted by molar-refractivity contribution is 7.98. The maximum atomic E-state index is 5.94. The zero-order valence-electron chi connectivity index (χ0n) is 17.0. The van der Waals surface area contributed by atoms with Gasteiger partial charge in [-0.2, -0.15) is 4.98 Å². The minimum atomic E-state index is 0.163. The Morgan fingerprint density at radius 3 is 2.25 bits per heavy atom. The number of hydrogen-bond donors (Lipinski definition) is 0. The summed E-state index contributed by atoms with van der Waals surface area (Å²) in [6.07, 6.45) is 0. The lowest BCUT2D eigenvalue weighted by atomic mass is 9.87. The molecule has 3 aromatic rings. The van der Waals surface area contributed by atoms with Crippen LogP contribution >= 0.6 is 11.8 Å². The molecule has 0 unspecified atom stereocenters. The maximum absolute atomic E-state index is 5.94. The average molecular weight is 395 g/mol. The van der Waals surface area contributed by atoms with Crippen molar-refractivity contribution >= 4 is 11.8 Å². The molecule has 0 bridgehead atoms. The Kier molecular flexibility index (Phi) is 6.25. The number of aryl methyl sites for hydroxylation is 1. The van der Waals surface area contributed by atoms with E-state index < -0.39 is 0 Å². The number of aromatic nitrogens is 2. The third kappa shape index (κ3) is 5.26. The highest BCUT2D eigenvalue weighted by Gasteiger charge is 2.13. The van der Waals surface area contributed by atoms with Crippen molar-refractivity contribution in [2.24, 2.45) is 0 Å². The number of hydrogen-bond acceptors (Lipinski definition) is 5. The summed E-state index contributed by atoms with van der Waals surface area (Å²) in [7, 11) is 1.62. The summed E-state index contributed by atoms with van der Waals surface area (Å²) in [6.45, 7) is 8.61. The lowest BCUT2D eigenvalue weighted by molar-refractivity contribution is 0.372. The predicted octanol–water partition coefficient (Wildman–Crippen LogP) is 6.18. The molecule has 0 spiro atoms. The van der Waals surface area contributed by atoms with Crippen LogP contribution in [-0.2, 0) is 11.2 Å². The topological polar surface area (TPSA) is 44.2 Å². The molecule has 2 aromatic carbocycles. The third-order valence-electron chi connectivity index (χ3n) is 4.28. The van der Waals surface area contributed by atoms with E-state index in [2.05, 4.69) is 55.0 Å². The average Bonchev–Trinajstić information content (AvgIpc) is 2.66. The first-order chi connectivity index (χ1) is 13.3. The summed E-state index contributed by atoms with van der Waals surface area (Å²) in [4.78, 5) is 9.08. The molecule has 4 nitrogen and oxygen atoms in total. The van der Waals surface area contributed by atoms with Gasteiger partial charge in [0.2, 0.25) is 5.88 Å². The first kappa shape index (κ1) is 20.2. The molecule has 0 radical (unpaired) electrons. The summed E-state index contributed by atoms with van der Waals surface area (Å²) < 4.78 is 11.3. The van der Waals surface area contributed by atoms with Crippen molar-refractivity contribution in [3.63, 3.8) is 0 Å². The molecule has 1 aromatic heterocycles. The van der Waals surface area contributed by atoms with Crippen LogP contribution in [-0.4, -0.2) is 17.1 Å². The second-order valence-corrected chi connectivity index (χ2v) is 8.56. The third-order valence-corrected chi connectivity index (χ3v) is 5.20. The van der Waals surface area contributed by atoms with E-state index in [1.54, 1.807) is 18.9 Å². The molecule has 28 heavy (non-hydrogen) atoms. The van der Waals surface area contributed by atoms with Crippen LogP contribution in [0.5, 0.6) is 17.4 Å². The Labute approximate surface area is 171 Å².